The highest BCUT2D eigenvalue weighted by Crippen LogP contribution is 2.46. The minimum Gasteiger partial charge on any atom is -0.338 e. The first-order chi connectivity index (χ1) is 31.6. The lowest BCUT2D eigenvalue weighted by atomic mass is 9.84. The van der Waals surface area contributed by atoms with Crippen LogP contribution in [0.5, 0.6) is 0 Å². The van der Waals surface area contributed by atoms with Gasteiger partial charge in [-0.1, -0.05) is 170 Å². The molecular weight excluding hydrogens is 773 g/mol. The Bertz CT molecular complexity index is 2960. The quantitative estimate of drug-likeness (QED) is 0.111. The predicted molar refractivity (Wildman–Crippen MR) is 276 cm³/mol. The molecule has 0 spiro atoms. The highest BCUT2D eigenvalue weighted by atomic mass is 15.2. The van der Waals surface area contributed by atoms with Crippen molar-refractivity contribution in [2.24, 2.45) is 0 Å². The Balaban J connectivity index is 0.971. The van der Waals surface area contributed by atoms with Gasteiger partial charge in [0.15, 0.2) is 0 Å². The van der Waals surface area contributed by atoms with Gasteiger partial charge in [0.1, 0.15) is 0 Å². The number of hydrogen-bond donors (Lipinski definition) is 0. The smallest absolute Gasteiger partial charge is 0.0445 e. The van der Waals surface area contributed by atoms with Crippen LogP contribution < -0.4 is 9.80 Å². The number of rotatable bonds is 8. The van der Waals surface area contributed by atoms with E-state index in [0.29, 0.717) is 12.1 Å². The van der Waals surface area contributed by atoms with E-state index in [9.17, 15) is 0 Å². The van der Waals surface area contributed by atoms with Crippen molar-refractivity contribution in [3.8, 4) is 22.3 Å². The first-order valence-corrected chi connectivity index (χ1v) is 23.0. The third-order valence-corrected chi connectivity index (χ3v) is 13.6. The predicted octanol–water partition coefficient (Wildman–Crippen LogP) is 16.6. The Morgan fingerprint density at radius 1 is 0.359 bits per heavy atom. The van der Waals surface area contributed by atoms with E-state index in [1.165, 1.54) is 99.9 Å². The highest BCUT2D eigenvalue weighted by molar-refractivity contribution is 6.22. The minimum absolute atomic E-state index is 0.460. The summed E-state index contributed by atoms with van der Waals surface area (Å²) in [5, 5.41) is 5.00. The Morgan fingerprint density at radius 2 is 0.719 bits per heavy atom. The van der Waals surface area contributed by atoms with E-state index in [4.69, 9.17) is 0 Å². The normalized spacial score (nSPS) is 16.2. The topological polar surface area (TPSA) is 6.48 Å². The van der Waals surface area contributed by atoms with Crippen LogP contribution in [0.25, 0.3) is 68.1 Å². The van der Waals surface area contributed by atoms with Crippen molar-refractivity contribution >= 4 is 68.6 Å². The molecule has 2 heteroatoms. The van der Waals surface area contributed by atoms with Crippen LogP contribution >= 0.6 is 0 Å². The SMILES string of the molecule is CC1CCc2ccccc2N1c1ccc(/C=C/c2ccc3c(-c4ccccc4)c(-c4ccccc4)c4ccc(/C=C/c5ccc(N6c7ccccc7CCC6C)cc5)cc4c3c2)cc1. The van der Waals surface area contributed by atoms with Gasteiger partial charge in [-0.05, 0) is 165 Å². The Morgan fingerprint density at radius 3 is 1.14 bits per heavy atom. The molecule has 2 aliphatic rings. The van der Waals surface area contributed by atoms with Crippen LogP contribution in [0.1, 0.15) is 60.1 Å². The van der Waals surface area contributed by atoms with Gasteiger partial charge < -0.3 is 9.80 Å². The van der Waals surface area contributed by atoms with E-state index in [1.54, 1.807) is 0 Å². The molecule has 0 fully saturated rings. The second kappa shape index (κ2) is 17.0. The second-order valence-corrected chi connectivity index (χ2v) is 17.7. The lowest BCUT2D eigenvalue weighted by Crippen LogP contribution is -2.33. The first-order valence-electron chi connectivity index (χ1n) is 23.0. The molecule has 2 nitrogen and oxygen atoms in total. The summed E-state index contributed by atoms with van der Waals surface area (Å²) in [6.07, 6.45) is 13.6. The van der Waals surface area contributed by atoms with Gasteiger partial charge >= 0.3 is 0 Å². The van der Waals surface area contributed by atoms with Gasteiger partial charge in [0.2, 0.25) is 0 Å². The molecule has 2 unspecified atom stereocenters. The molecule has 0 aromatic heterocycles. The average molecular weight is 825 g/mol. The largest absolute Gasteiger partial charge is 0.338 e. The van der Waals surface area contributed by atoms with E-state index < -0.39 is 0 Å². The first kappa shape index (κ1) is 39.4. The van der Waals surface area contributed by atoms with Crippen LogP contribution in [0.4, 0.5) is 22.7 Å². The zero-order valence-corrected chi connectivity index (χ0v) is 36.7. The van der Waals surface area contributed by atoms with Gasteiger partial charge in [-0.25, -0.2) is 0 Å². The Kier molecular flexibility index (Phi) is 10.5. The maximum absolute atomic E-state index is 2.50. The van der Waals surface area contributed by atoms with E-state index in [1.807, 2.05) is 0 Å². The molecule has 0 amide bonds. The summed E-state index contributed by atoms with van der Waals surface area (Å²) in [5.41, 5.74) is 17.7. The standard InChI is InChI=1S/C62H52N2/c1-43-21-33-49-13-9-11-19-59(49)63(43)53-35-27-45(28-36-53)23-25-47-31-39-55-57(41-47)58-42-48(32-40-56(58)62(52-17-7-4-8-18-52)61(55)51-15-5-3-6-16-51)26-24-46-29-37-54(38-30-46)64-44(2)22-34-50-14-10-12-20-60(50)64/h3-20,23-32,35-44H,21-22,33-34H2,1-2H3/b25-23+,26-24+. The summed E-state index contributed by atoms with van der Waals surface area (Å²) >= 11 is 0. The molecule has 0 N–H and O–H groups in total. The molecule has 0 bridgehead atoms. The number of benzene rings is 9. The third-order valence-electron chi connectivity index (χ3n) is 13.6. The Hall–Kier alpha value is -7.42. The number of fused-ring (bicyclic) bond motifs is 5. The molecule has 2 atom stereocenters. The fraction of sp³-hybridized carbons (Fsp3) is 0.129. The van der Waals surface area contributed by atoms with Crippen molar-refractivity contribution in [2.45, 2.75) is 51.6 Å². The van der Waals surface area contributed by atoms with Crippen molar-refractivity contribution in [3.05, 3.63) is 228 Å². The summed E-state index contributed by atoms with van der Waals surface area (Å²) in [6.45, 7) is 4.68. The summed E-state index contributed by atoms with van der Waals surface area (Å²) in [6, 6.07) is 72.6. The number of para-hydroxylation sites is 2. The second-order valence-electron chi connectivity index (χ2n) is 17.7. The van der Waals surface area contributed by atoms with Crippen LogP contribution in [0.2, 0.25) is 0 Å². The van der Waals surface area contributed by atoms with Crippen molar-refractivity contribution in [2.75, 3.05) is 9.80 Å². The van der Waals surface area contributed by atoms with Gasteiger partial charge in [0.25, 0.3) is 0 Å². The average Bonchev–Trinajstić information content (AvgIpc) is 3.35. The van der Waals surface area contributed by atoms with E-state index in [0.717, 1.165) is 25.7 Å². The number of nitrogens with zero attached hydrogens (tertiary/aromatic N) is 2. The van der Waals surface area contributed by atoms with E-state index >= 15 is 0 Å². The molecular formula is C62H52N2. The highest BCUT2D eigenvalue weighted by Gasteiger charge is 2.25. The molecule has 9 aromatic rings. The maximum atomic E-state index is 2.50. The fourth-order valence-electron chi connectivity index (χ4n) is 10.3. The molecule has 0 radical (unpaired) electrons. The van der Waals surface area contributed by atoms with Gasteiger partial charge in [-0.3, -0.25) is 0 Å². The monoisotopic (exact) mass is 824 g/mol. The van der Waals surface area contributed by atoms with Crippen LogP contribution in [0.3, 0.4) is 0 Å². The fourth-order valence-corrected chi connectivity index (χ4v) is 10.3. The molecule has 64 heavy (non-hydrogen) atoms. The lowest BCUT2D eigenvalue weighted by Gasteiger charge is -2.37. The lowest BCUT2D eigenvalue weighted by molar-refractivity contribution is 0.618. The van der Waals surface area contributed by atoms with Gasteiger partial charge in [0, 0.05) is 34.8 Å². The molecule has 0 aliphatic carbocycles. The molecule has 0 saturated heterocycles. The molecule has 2 aliphatic heterocycles. The van der Waals surface area contributed by atoms with Crippen molar-refractivity contribution < 1.29 is 0 Å². The van der Waals surface area contributed by atoms with Crippen molar-refractivity contribution in [1.82, 2.24) is 0 Å². The minimum atomic E-state index is 0.460. The van der Waals surface area contributed by atoms with E-state index in [2.05, 4.69) is 242 Å². The van der Waals surface area contributed by atoms with Crippen LogP contribution in [0.15, 0.2) is 194 Å². The molecule has 310 valence electrons. The zero-order chi connectivity index (χ0) is 43.0. The van der Waals surface area contributed by atoms with E-state index in [-0.39, 0.29) is 0 Å². The van der Waals surface area contributed by atoms with Crippen LogP contribution in [-0.2, 0) is 12.8 Å². The summed E-state index contributed by atoms with van der Waals surface area (Å²) in [5.74, 6) is 0. The van der Waals surface area contributed by atoms with Crippen LogP contribution in [-0.4, -0.2) is 12.1 Å². The van der Waals surface area contributed by atoms with Crippen molar-refractivity contribution in [1.29, 1.82) is 0 Å². The summed E-state index contributed by atoms with van der Waals surface area (Å²) in [4.78, 5) is 5.01. The molecule has 0 saturated carbocycles. The zero-order valence-electron chi connectivity index (χ0n) is 36.7. The van der Waals surface area contributed by atoms with Gasteiger partial charge in [-0.2, -0.15) is 0 Å². The number of anilines is 4. The summed E-state index contributed by atoms with van der Waals surface area (Å²) < 4.78 is 0. The van der Waals surface area contributed by atoms with Gasteiger partial charge in [-0.15, -0.1) is 0 Å². The third kappa shape index (κ3) is 7.50. The van der Waals surface area contributed by atoms with Crippen LogP contribution in [0, 0.1) is 0 Å². The Labute approximate surface area is 378 Å². The number of hydrogen-bond acceptors (Lipinski definition) is 2. The van der Waals surface area contributed by atoms with Gasteiger partial charge in [0.05, 0.1) is 0 Å². The van der Waals surface area contributed by atoms with Crippen molar-refractivity contribution in [3.63, 3.8) is 0 Å². The number of aryl methyl sites for hydroxylation is 2. The maximum Gasteiger partial charge on any atom is 0.0445 e. The molecule has 11 rings (SSSR count). The summed E-state index contributed by atoms with van der Waals surface area (Å²) in [7, 11) is 0. The molecule has 9 aromatic carbocycles. The molecule has 2 heterocycles.